The summed E-state index contributed by atoms with van der Waals surface area (Å²) in [6, 6.07) is 0. The highest BCUT2D eigenvalue weighted by Crippen LogP contribution is 2.73. The molecule has 2 heterocycles. The van der Waals surface area contributed by atoms with Crippen LogP contribution in [-0.2, 0) is 23.7 Å². The van der Waals surface area contributed by atoms with Crippen molar-refractivity contribution in [1.82, 2.24) is 5.32 Å². The van der Waals surface area contributed by atoms with E-state index in [1.807, 2.05) is 0 Å². The summed E-state index contributed by atoms with van der Waals surface area (Å²) in [5, 5.41) is 3.19. The predicted molar refractivity (Wildman–Crippen MR) is 119 cm³/mol. The van der Waals surface area contributed by atoms with E-state index in [1.54, 1.807) is 6.92 Å². The monoisotopic (exact) mass is 447 g/mol. The molecule has 4 aliphatic carbocycles. The normalized spacial score (nSPS) is 54.4. The van der Waals surface area contributed by atoms with Gasteiger partial charge in [-0.1, -0.05) is 26.7 Å². The molecule has 1 amide bonds. The number of fused-ring (bicyclic) bond motifs is 5. The summed E-state index contributed by atoms with van der Waals surface area (Å²) >= 11 is 0. The molecule has 7 atom stereocenters. The third-order valence-corrected chi connectivity index (χ3v) is 10.9. The van der Waals surface area contributed by atoms with E-state index in [0.29, 0.717) is 49.6 Å². The molecular formula is C26H41NO5. The van der Waals surface area contributed by atoms with Gasteiger partial charge in [0.1, 0.15) is 0 Å². The van der Waals surface area contributed by atoms with Crippen LogP contribution in [0.15, 0.2) is 0 Å². The molecule has 0 aromatic carbocycles. The summed E-state index contributed by atoms with van der Waals surface area (Å²) in [6.45, 7) is 9.76. The molecule has 0 aromatic heterocycles. The van der Waals surface area contributed by atoms with Crippen LogP contribution in [0.2, 0.25) is 0 Å². The van der Waals surface area contributed by atoms with Crippen LogP contribution in [0.3, 0.4) is 0 Å². The van der Waals surface area contributed by atoms with E-state index in [2.05, 4.69) is 19.2 Å². The topological polar surface area (TPSA) is 66.0 Å². The van der Waals surface area contributed by atoms with Crippen molar-refractivity contribution in [3.8, 4) is 0 Å². The standard InChI is InChI=1S/C26H41NO5/c1-17(28)27-16-18-14-19-21(23(2)8-5-4-6-20(18)23)7-9-24(3)22(19)15-25-26(24,31-12-10-29-25)32-13-11-30-25/h18-22H,4-16H2,1-3H3,(H,27,28)/t18-,19-,20?,21+,22+,23+,24+,25?,26?/m1/s1. The van der Waals surface area contributed by atoms with E-state index >= 15 is 0 Å². The molecule has 0 bridgehead atoms. The first-order chi connectivity index (χ1) is 15.4. The molecule has 6 nitrogen and oxygen atoms in total. The van der Waals surface area contributed by atoms with Gasteiger partial charge in [0.15, 0.2) is 0 Å². The molecule has 0 spiro atoms. The molecule has 6 heteroatoms. The maximum atomic E-state index is 11.8. The molecular weight excluding hydrogens is 406 g/mol. The Labute approximate surface area is 192 Å². The molecule has 0 aromatic rings. The van der Waals surface area contributed by atoms with Gasteiger partial charge in [-0.25, -0.2) is 0 Å². The van der Waals surface area contributed by atoms with Gasteiger partial charge in [-0.15, -0.1) is 0 Å². The van der Waals surface area contributed by atoms with E-state index < -0.39 is 11.6 Å². The molecule has 180 valence electrons. The highest BCUT2D eigenvalue weighted by atomic mass is 16.8. The van der Waals surface area contributed by atoms with Crippen molar-refractivity contribution in [3.05, 3.63) is 0 Å². The first kappa shape index (κ1) is 21.8. The predicted octanol–water partition coefficient (Wildman–Crippen LogP) is 3.88. The zero-order chi connectivity index (χ0) is 22.2. The van der Waals surface area contributed by atoms with Crippen LogP contribution < -0.4 is 5.32 Å². The van der Waals surface area contributed by atoms with E-state index in [9.17, 15) is 4.79 Å². The van der Waals surface area contributed by atoms with Crippen molar-refractivity contribution >= 4 is 5.91 Å². The third kappa shape index (κ3) is 2.70. The number of amides is 1. The summed E-state index contributed by atoms with van der Waals surface area (Å²) in [6.07, 6.45) is 9.75. The van der Waals surface area contributed by atoms with Crippen LogP contribution in [0.25, 0.3) is 0 Å². The van der Waals surface area contributed by atoms with Crippen molar-refractivity contribution in [2.75, 3.05) is 33.0 Å². The second-order valence-electron chi connectivity index (χ2n) is 12.1. The lowest BCUT2D eigenvalue weighted by Crippen LogP contribution is -2.70. The third-order valence-electron chi connectivity index (χ3n) is 10.9. The number of hydrogen-bond acceptors (Lipinski definition) is 5. The summed E-state index contributed by atoms with van der Waals surface area (Å²) in [5.74, 6) is 1.62. The number of ether oxygens (including phenoxy) is 4. The molecule has 1 unspecified atom stereocenters. The maximum Gasteiger partial charge on any atom is 0.229 e. The second kappa shape index (κ2) is 7.40. The number of hydrogen-bond donors (Lipinski definition) is 1. The van der Waals surface area contributed by atoms with E-state index in [4.69, 9.17) is 18.9 Å². The van der Waals surface area contributed by atoms with Crippen LogP contribution in [0.4, 0.5) is 0 Å². The fourth-order valence-electron chi connectivity index (χ4n) is 9.76. The van der Waals surface area contributed by atoms with E-state index in [1.165, 1.54) is 38.5 Å². The number of nitrogens with one attached hydrogen (secondary N) is 1. The molecule has 6 rings (SSSR count). The van der Waals surface area contributed by atoms with Gasteiger partial charge in [0.25, 0.3) is 0 Å². The minimum absolute atomic E-state index is 0.0948. The Morgan fingerprint density at radius 2 is 1.62 bits per heavy atom. The Morgan fingerprint density at radius 3 is 2.34 bits per heavy atom. The van der Waals surface area contributed by atoms with E-state index in [-0.39, 0.29) is 11.3 Å². The largest absolute Gasteiger partial charge is 0.356 e. The zero-order valence-electron chi connectivity index (χ0n) is 20.1. The highest BCUT2D eigenvalue weighted by molar-refractivity contribution is 5.72. The lowest BCUT2D eigenvalue weighted by Gasteiger charge is -2.63. The molecule has 2 aliphatic heterocycles. The number of carbonyl (C=O) groups excluding carboxylic acids is 1. The molecule has 6 aliphatic rings. The summed E-state index contributed by atoms with van der Waals surface area (Å²) in [4.78, 5) is 11.8. The molecule has 6 fully saturated rings. The Bertz CT molecular complexity index is 759. The number of carbonyl (C=O) groups is 1. The number of rotatable bonds is 2. The van der Waals surface area contributed by atoms with Gasteiger partial charge < -0.3 is 24.3 Å². The van der Waals surface area contributed by atoms with Crippen molar-refractivity contribution in [1.29, 1.82) is 0 Å². The Balaban J connectivity index is 1.38. The van der Waals surface area contributed by atoms with Gasteiger partial charge in [0, 0.05) is 25.3 Å². The highest BCUT2D eigenvalue weighted by Gasteiger charge is 2.79. The first-order valence-corrected chi connectivity index (χ1v) is 13.2. The van der Waals surface area contributed by atoms with Gasteiger partial charge in [-0.05, 0) is 67.1 Å². The smallest absolute Gasteiger partial charge is 0.229 e. The fraction of sp³-hybridized carbons (Fsp3) is 0.962. The Morgan fingerprint density at radius 1 is 0.906 bits per heavy atom. The van der Waals surface area contributed by atoms with Crippen molar-refractivity contribution in [2.24, 2.45) is 40.4 Å². The first-order valence-electron chi connectivity index (χ1n) is 13.2. The van der Waals surface area contributed by atoms with Crippen LogP contribution in [-0.4, -0.2) is 50.5 Å². The van der Waals surface area contributed by atoms with Crippen molar-refractivity contribution < 1.29 is 23.7 Å². The quantitative estimate of drug-likeness (QED) is 0.696. The molecule has 4 saturated carbocycles. The van der Waals surface area contributed by atoms with Crippen LogP contribution in [0.1, 0.15) is 72.1 Å². The van der Waals surface area contributed by atoms with E-state index in [0.717, 1.165) is 31.2 Å². The average molecular weight is 448 g/mol. The summed E-state index contributed by atoms with van der Waals surface area (Å²) in [7, 11) is 0. The van der Waals surface area contributed by atoms with Crippen molar-refractivity contribution in [2.45, 2.75) is 83.7 Å². The molecule has 0 radical (unpaired) electrons. The Kier molecular flexibility index (Phi) is 5.05. The average Bonchev–Trinajstić information content (AvgIpc) is 3.03. The lowest BCUT2D eigenvalue weighted by molar-refractivity contribution is -0.474. The van der Waals surface area contributed by atoms with Gasteiger partial charge in [-0.2, -0.15) is 0 Å². The van der Waals surface area contributed by atoms with Gasteiger partial charge in [0.05, 0.1) is 26.4 Å². The second-order valence-corrected chi connectivity index (χ2v) is 12.1. The van der Waals surface area contributed by atoms with Gasteiger partial charge in [-0.3, -0.25) is 4.79 Å². The molecule has 32 heavy (non-hydrogen) atoms. The minimum Gasteiger partial charge on any atom is -0.356 e. The maximum absolute atomic E-state index is 11.8. The van der Waals surface area contributed by atoms with Crippen molar-refractivity contribution in [3.63, 3.8) is 0 Å². The molecule has 1 N–H and O–H groups in total. The van der Waals surface area contributed by atoms with Gasteiger partial charge in [0.2, 0.25) is 17.5 Å². The minimum atomic E-state index is -0.774. The van der Waals surface area contributed by atoms with Crippen LogP contribution in [0, 0.1) is 40.4 Å². The van der Waals surface area contributed by atoms with Crippen LogP contribution in [0.5, 0.6) is 0 Å². The summed E-state index contributed by atoms with van der Waals surface area (Å²) in [5.41, 5.74) is 0.259. The molecule has 2 saturated heterocycles. The van der Waals surface area contributed by atoms with Crippen LogP contribution >= 0.6 is 0 Å². The lowest BCUT2D eigenvalue weighted by atomic mass is 9.43. The summed E-state index contributed by atoms with van der Waals surface area (Å²) < 4.78 is 25.9. The van der Waals surface area contributed by atoms with Gasteiger partial charge >= 0.3 is 0 Å². The Hall–Kier alpha value is -0.690. The fourth-order valence-corrected chi connectivity index (χ4v) is 9.76. The zero-order valence-corrected chi connectivity index (χ0v) is 20.1. The SMILES string of the molecule is CC(=O)NC[C@H]1C[C@@H]2[C@H](CC[C@@]3(C)[C@H]2CC24OCCOC23OCCO4)[C@@]2(C)CCCCC12.